The van der Waals surface area contributed by atoms with Crippen molar-refractivity contribution in [3.8, 4) is 6.07 Å². The van der Waals surface area contributed by atoms with Crippen molar-refractivity contribution in [1.29, 1.82) is 5.26 Å². The molecule has 1 aliphatic rings. The van der Waals surface area contributed by atoms with Crippen LogP contribution in [0.3, 0.4) is 0 Å². The lowest BCUT2D eigenvalue weighted by atomic mass is 9.96. The van der Waals surface area contributed by atoms with Crippen LogP contribution in [0, 0.1) is 17.2 Å². The summed E-state index contributed by atoms with van der Waals surface area (Å²) in [5.41, 5.74) is 0.966. The summed E-state index contributed by atoms with van der Waals surface area (Å²) < 4.78 is 0. The minimum absolute atomic E-state index is 0.139. The number of aliphatic carboxylic acids is 1. The van der Waals surface area contributed by atoms with Gasteiger partial charge in [0.2, 0.25) is 5.91 Å². The number of benzene rings is 1. The molecule has 0 aliphatic carbocycles. The molecule has 2 N–H and O–H groups in total. The molecule has 0 unspecified atom stereocenters. The van der Waals surface area contributed by atoms with Gasteiger partial charge in [0.1, 0.15) is 6.07 Å². The summed E-state index contributed by atoms with van der Waals surface area (Å²) in [6.45, 7) is 2.07. The van der Waals surface area contributed by atoms with Crippen LogP contribution in [0.2, 0.25) is 0 Å². The zero-order valence-corrected chi connectivity index (χ0v) is 11.6. The number of carboxylic acids is 1. The highest BCUT2D eigenvalue weighted by Crippen LogP contribution is 2.19. The number of carboxylic acid groups (broad SMARTS) is 1. The Balaban J connectivity index is 1.72. The zero-order chi connectivity index (χ0) is 15.2. The molecule has 6 heteroatoms. The predicted octanol–water partition coefficient (Wildman–Crippen LogP) is 1.29. The van der Waals surface area contributed by atoms with Crippen LogP contribution in [0.1, 0.15) is 18.4 Å². The van der Waals surface area contributed by atoms with E-state index in [0.717, 1.165) is 13.1 Å². The van der Waals surface area contributed by atoms with Gasteiger partial charge in [-0.25, -0.2) is 0 Å². The Hall–Kier alpha value is -2.39. The zero-order valence-electron chi connectivity index (χ0n) is 11.6. The third kappa shape index (κ3) is 4.29. The number of hydrogen-bond acceptors (Lipinski definition) is 4. The van der Waals surface area contributed by atoms with Crippen LogP contribution in [0.4, 0.5) is 5.69 Å². The van der Waals surface area contributed by atoms with E-state index in [0.29, 0.717) is 24.2 Å². The number of rotatable bonds is 6. The van der Waals surface area contributed by atoms with Gasteiger partial charge in [0, 0.05) is 26.1 Å². The number of para-hydroxylation sites is 1. The van der Waals surface area contributed by atoms with Crippen molar-refractivity contribution in [2.24, 2.45) is 5.92 Å². The smallest absolute Gasteiger partial charge is 0.303 e. The number of nitriles is 1. The Bertz CT molecular complexity index is 574. The minimum Gasteiger partial charge on any atom is -0.481 e. The van der Waals surface area contributed by atoms with Crippen LogP contribution in [0.15, 0.2) is 24.3 Å². The Morgan fingerprint density at radius 1 is 1.38 bits per heavy atom. The van der Waals surface area contributed by atoms with E-state index in [2.05, 4.69) is 10.2 Å². The molecular weight excluding hydrogens is 270 g/mol. The molecule has 110 valence electrons. The SMILES string of the molecule is N#Cc1ccccc1NC(=O)CCN1CC(CC(=O)O)C1. The van der Waals surface area contributed by atoms with Crippen molar-refractivity contribution in [2.45, 2.75) is 12.8 Å². The van der Waals surface area contributed by atoms with Crippen molar-refractivity contribution in [2.75, 3.05) is 25.0 Å². The minimum atomic E-state index is -0.773. The van der Waals surface area contributed by atoms with Gasteiger partial charge in [-0.05, 0) is 18.1 Å². The first kappa shape index (κ1) is 15.0. The van der Waals surface area contributed by atoms with Gasteiger partial charge >= 0.3 is 5.97 Å². The Kier molecular flexibility index (Phi) is 4.90. The van der Waals surface area contributed by atoms with Gasteiger partial charge in [-0.15, -0.1) is 0 Å². The third-order valence-electron chi connectivity index (χ3n) is 3.47. The monoisotopic (exact) mass is 287 g/mol. The van der Waals surface area contributed by atoms with E-state index in [4.69, 9.17) is 10.4 Å². The van der Waals surface area contributed by atoms with Crippen LogP contribution in [0.25, 0.3) is 0 Å². The molecule has 1 aromatic carbocycles. The highest BCUT2D eigenvalue weighted by molar-refractivity contribution is 5.92. The maximum absolute atomic E-state index is 11.8. The van der Waals surface area contributed by atoms with Gasteiger partial charge < -0.3 is 15.3 Å². The molecule has 2 rings (SSSR count). The number of hydrogen-bond donors (Lipinski definition) is 2. The quantitative estimate of drug-likeness (QED) is 0.822. The van der Waals surface area contributed by atoms with Crippen LogP contribution >= 0.6 is 0 Å². The van der Waals surface area contributed by atoms with Crippen LogP contribution in [0.5, 0.6) is 0 Å². The first-order valence-corrected chi connectivity index (χ1v) is 6.81. The Morgan fingerprint density at radius 3 is 2.76 bits per heavy atom. The van der Waals surface area contributed by atoms with E-state index in [1.165, 1.54) is 0 Å². The molecule has 0 bridgehead atoms. The molecule has 0 spiro atoms. The van der Waals surface area contributed by atoms with Crippen molar-refractivity contribution in [3.05, 3.63) is 29.8 Å². The molecule has 1 heterocycles. The van der Waals surface area contributed by atoms with Gasteiger partial charge in [0.05, 0.1) is 17.7 Å². The normalized spacial score (nSPS) is 15.0. The fraction of sp³-hybridized carbons (Fsp3) is 0.400. The summed E-state index contributed by atoms with van der Waals surface area (Å²) in [4.78, 5) is 24.4. The van der Waals surface area contributed by atoms with E-state index in [9.17, 15) is 9.59 Å². The number of amides is 1. The average Bonchev–Trinajstić information content (AvgIpc) is 2.41. The van der Waals surface area contributed by atoms with Gasteiger partial charge in [-0.1, -0.05) is 12.1 Å². The van der Waals surface area contributed by atoms with Crippen molar-refractivity contribution >= 4 is 17.6 Å². The van der Waals surface area contributed by atoms with Crippen molar-refractivity contribution in [3.63, 3.8) is 0 Å². The van der Waals surface area contributed by atoms with E-state index in [-0.39, 0.29) is 18.2 Å². The van der Waals surface area contributed by atoms with E-state index in [1.54, 1.807) is 24.3 Å². The lowest BCUT2D eigenvalue weighted by Gasteiger charge is -2.38. The third-order valence-corrected chi connectivity index (χ3v) is 3.47. The van der Waals surface area contributed by atoms with Gasteiger partial charge in [0.15, 0.2) is 0 Å². The standard InChI is InChI=1S/C15H17N3O3/c16-8-12-3-1-2-4-13(12)17-14(19)5-6-18-9-11(10-18)7-15(20)21/h1-4,11H,5-7,9-10H2,(H,17,19)(H,20,21). The Labute approximate surface area is 123 Å². The van der Waals surface area contributed by atoms with E-state index >= 15 is 0 Å². The van der Waals surface area contributed by atoms with Crippen molar-refractivity contribution in [1.82, 2.24) is 4.90 Å². The molecule has 0 radical (unpaired) electrons. The molecule has 1 fully saturated rings. The molecule has 0 atom stereocenters. The van der Waals surface area contributed by atoms with Gasteiger partial charge in [-0.3, -0.25) is 9.59 Å². The molecule has 1 aliphatic heterocycles. The van der Waals surface area contributed by atoms with Crippen LogP contribution < -0.4 is 5.32 Å². The molecule has 6 nitrogen and oxygen atoms in total. The summed E-state index contributed by atoms with van der Waals surface area (Å²) in [5, 5.41) is 20.3. The van der Waals surface area contributed by atoms with Crippen molar-refractivity contribution < 1.29 is 14.7 Å². The first-order chi connectivity index (χ1) is 10.1. The highest BCUT2D eigenvalue weighted by atomic mass is 16.4. The molecule has 0 aromatic heterocycles. The van der Waals surface area contributed by atoms with Gasteiger partial charge in [-0.2, -0.15) is 5.26 Å². The second-order valence-corrected chi connectivity index (χ2v) is 5.18. The predicted molar refractivity (Wildman–Crippen MR) is 76.6 cm³/mol. The number of carbonyl (C=O) groups excluding carboxylic acids is 1. The largest absolute Gasteiger partial charge is 0.481 e. The summed E-state index contributed by atoms with van der Waals surface area (Å²) in [7, 11) is 0. The molecule has 1 aromatic rings. The molecule has 0 saturated carbocycles. The highest BCUT2D eigenvalue weighted by Gasteiger charge is 2.28. The molecule has 1 amide bonds. The topological polar surface area (TPSA) is 93.4 Å². The molecule has 21 heavy (non-hydrogen) atoms. The number of anilines is 1. The Morgan fingerprint density at radius 2 is 2.10 bits per heavy atom. The van der Waals surface area contributed by atoms with Crippen LogP contribution in [-0.2, 0) is 9.59 Å². The summed E-state index contributed by atoms with van der Waals surface area (Å²) in [5.74, 6) is -0.713. The van der Waals surface area contributed by atoms with E-state index in [1.807, 2.05) is 6.07 Å². The maximum Gasteiger partial charge on any atom is 0.303 e. The second kappa shape index (κ2) is 6.86. The van der Waals surface area contributed by atoms with Crippen LogP contribution in [-0.4, -0.2) is 41.5 Å². The number of carbonyl (C=O) groups is 2. The maximum atomic E-state index is 11.8. The fourth-order valence-corrected chi connectivity index (χ4v) is 2.40. The van der Waals surface area contributed by atoms with E-state index < -0.39 is 5.97 Å². The van der Waals surface area contributed by atoms with Gasteiger partial charge in [0.25, 0.3) is 0 Å². The molecular formula is C15H17N3O3. The summed E-state index contributed by atoms with van der Waals surface area (Å²) in [6.07, 6.45) is 0.526. The molecule has 1 saturated heterocycles. The number of likely N-dealkylation sites (tertiary alicyclic amines) is 1. The first-order valence-electron chi connectivity index (χ1n) is 6.81. The summed E-state index contributed by atoms with van der Waals surface area (Å²) in [6, 6.07) is 8.90. The fourth-order valence-electron chi connectivity index (χ4n) is 2.40. The average molecular weight is 287 g/mol. The lowest BCUT2D eigenvalue weighted by molar-refractivity contribution is -0.139. The summed E-state index contributed by atoms with van der Waals surface area (Å²) >= 11 is 0. The second-order valence-electron chi connectivity index (χ2n) is 5.18. The number of nitrogens with one attached hydrogen (secondary N) is 1. The lowest BCUT2D eigenvalue weighted by Crippen LogP contribution is -2.48. The number of nitrogens with zero attached hydrogens (tertiary/aromatic N) is 2.